The van der Waals surface area contributed by atoms with Gasteiger partial charge in [0, 0.05) is 38.6 Å². The predicted octanol–water partition coefficient (Wildman–Crippen LogP) is 1.88. The number of likely N-dealkylation sites (N-methyl/N-ethyl adjacent to an activating group) is 1. The molecule has 0 atom stereocenters. The number of hydrogen-bond acceptors (Lipinski definition) is 7. The van der Waals surface area contributed by atoms with Gasteiger partial charge in [-0.3, -0.25) is 9.79 Å². The second kappa shape index (κ2) is 10.1. The van der Waals surface area contributed by atoms with Crippen molar-refractivity contribution >= 4 is 23.9 Å². The third-order valence-electron chi connectivity index (χ3n) is 3.63. The van der Waals surface area contributed by atoms with E-state index < -0.39 is 17.5 Å². The summed E-state index contributed by atoms with van der Waals surface area (Å²) in [6.45, 7) is -0.406. The van der Waals surface area contributed by atoms with Gasteiger partial charge in [-0.05, 0) is 12.1 Å². The van der Waals surface area contributed by atoms with E-state index in [1.54, 1.807) is 14.1 Å². The highest BCUT2D eigenvalue weighted by Crippen LogP contribution is 2.17. The summed E-state index contributed by atoms with van der Waals surface area (Å²) in [4.78, 5) is 24.5. The smallest absolute Gasteiger partial charge is 0.243 e. The zero-order chi connectivity index (χ0) is 21.4. The number of rotatable bonds is 8. The number of amides is 1. The molecule has 0 unspecified atom stereocenters. The number of nitrogens with one attached hydrogen (secondary N) is 2. The molecule has 0 saturated heterocycles. The van der Waals surface area contributed by atoms with Crippen molar-refractivity contribution in [2.24, 2.45) is 10.7 Å². The lowest BCUT2D eigenvalue weighted by Crippen LogP contribution is -2.24. The Morgan fingerprint density at radius 3 is 2.55 bits per heavy atom. The van der Waals surface area contributed by atoms with Crippen LogP contribution in [0.25, 0.3) is 0 Å². The van der Waals surface area contributed by atoms with Crippen LogP contribution in [0.1, 0.15) is 5.56 Å². The Morgan fingerprint density at radius 1 is 1.24 bits per heavy atom. The van der Waals surface area contributed by atoms with E-state index in [1.807, 2.05) is 0 Å². The topological polar surface area (TPSA) is 109 Å². The average molecular weight is 407 g/mol. The molecule has 1 aromatic heterocycles. The summed E-state index contributed by atoms with van der Waals surface area (Å²) in [5, 5.41) is 5.24. The highest BCUT2D eigenvalue weighted by molar-refractivity contribution is 5.85. The number of aliphatic imine (C=N–C) groups is 1. The highest BCUT2D eigenvalue weighted by atomic mass is 19.1. The molecule has 0 spiro atoms. The summed E-state index contributed by atoms with van der Waals surface area (Å²) in [5.74, 6) is -2.84. The Hall–Kier alpha value is -3.63. The van der Waals surface area contributed by atoms with Crippen molar-refractivity contribution in [3.63, 3.8) is 0 Å². The number of nitrogens with two attached hydrogens (primary N) is 1. The van der Waals surface area contributed by atoms with Crippen LogP contribution in [-0.4, -0.2) is 47.6 Å². The Balaban J connectivity index is 2.07. The second-order valence-electron chi connectivity index (χ2n) is 5.95. The van der Waals surface area contributed by atoms with Gasteiger partial charge in [0.25, 0.3) is 0 Å². The molecule has 29 heavy (non-hydrogen) atoms. The maximum atomic E-state index is 13.9. The zero-order valence-electron chi connectivity index (χ0n) is 15.8. The minimum atomic E-state index is -0.809. The van der Waals surface area contributed by atoms with Crippen LogP contribution in [0.4, 0.5) is 24.9 Å². The van der Waals surface area contributed by atoms with Crippen LogP contribution < -0.4 is 16.4 Å². The van der Waals surface area contributed by atoms with Crippen LogP contribution in [0, 0.1) is 17.5 Å². The van der Waals surface area contributed by atoms with Crippen molar-refractivity contribution in [2.45, 2.75) is 6.54 Å². The molecule has 1 heterocycles. The molecule has 0 bridgehead atoms. The monoisotopic (exact) mass is 407 g/mol. The predicted molar refractivity (Wildman–Crippen MR) is 104 cm³/mol. The number of allylic oxidation sites excluding steroid dienone is 1. The first-order chi connectivity index (χ1) is 13.8. The molecule has 154 valence electrons. The van der Waals surface area contributed by atoms with Gasteiger partial charge < -0.3 is 21.3 Å². The van der Waals surface area contributed by atoms with Gasteiger partial charge in [-0.25, -0.2) is 18.2 Å². The summed E-state index contributed by atoms with van der Waals surface area (Å²) < 4.78 is 41.3. The average Bonchev–Trinajstić information content (AvgIpc) is 2.68. The fourth-order valence-corrected chi connectivity index (χ4v) is 2.03. The third-order valence-corrected chi connectivity index (χ3v) is 3.63. The molecule has 4 N–H and O–H groups in total. The maximum absolute atomic E-state index is 13.9. The number of halogens is 3. The number of nitrogens with zero attached hydrogens (tertiary/aromatic N) is 4. The molecule has 1 aromatic carbocycles. The van der Waals surface area contributed by atoms with Gasteiger partial charge in [0.15, 0.2) is 11.6 Å². The van der Waals surface area contributed by atoms with Crippen molar-refractivity contribution in [1.82, 2.24) is 14.9 Å². The molecule has 0 radical (unpaired) electrons. The van der Waals surface area contributed by atoms with Crippen LogP contribution in [0.5, 0.6) is 0 Å². The van der Waals surface area contributed by atoms with Crippen molar-refractivity contribution in [1.29, 1.82) is 0 Å². The maximum Gasteiger partial charge on any atom is 0.243 e. The van der Waals surface area contributed by atoms with Crippen LogP contribution >= 0.6 is 0 Å². The molecule has 11 heteroatoms. The summed E-state index contributed by atoms with van der Waals surface area (Å²) in [6.07, 6.45) is 3.35. The number of carbonyl (C=O) groups excluding carboxylic acids is 1. The molecule has 2 rings (SSSR count). The number of hydrogen-bond donors (Lipinski definition) is 3. The SMILES string of the molecule is CN(C)C(=O)CN=CC(=CN)Nc1ncc(F)c(NCc2c(F)cccc2F)n1. The van der Waals surface area contributed by atoms with E-state index in [0.717, 1.165) is 24.5 Å². The minimum Gasteiger partial charge on any atom is -0.403 e. The fourth-order valence-electron chi connectivity index (χ4n) is 2.03. The largest absolute Gasteiger partial charge is 0.403 e. The van der Waals surface area contributed by atoms with Crippen molar-refractivity contribution in [3.05, 3.63) is 59.3 Å². The zero-order valence-corrected chi connectivity index (χ0v) is 15.8. The molecule has 0 fully saturated rings. The van der Waals surface area contributed by atoms with E-state index in [1.165, 1.54) is 17.2 Å². The van der Waals surface area contributed by atoms with Gasteiger partial charge in [-0.15, -0.1) is 0 Å². The van der Waals surface area contributed by atoms with Gasteiger partial charge in [0.1, 0.15) is 18.2 Å². The standard InChI is InChI=1S/C18H20F3N7O/c1-28(2)16(29)10-23-7-11(6-22)26-18-25-9-15(21)17(27-18)24-8-12-13(19)4-3-5-14(12)20/h3-7,9H,8,10,22H2,1-2H3,(H2,24,25,26,27). The number of benzene rings is 1. The van der Waals surface area contributed by atoms with Crippen molar-refractivity contribution in [3.8, 4) is 0 Å². The summed E-state index contributed by atoms with van der Waals surface area (Å²) in [6, 6.07) is 3.43. The normalized spacial score (nSPS) is 11.6. The number of aromatic nitrogens is 2. The van der Waals surface area contributed by atoms with Gasteiger partial charge in [-0.1, -0.05) is 6.07 Å². The van der Waals surface area contributed by atoms with Gasteiger partial charge in [-0.2, -0.15) is 4.98 Å². The molecular formula is C18H20F3N7O. The van der Waals surface area contributed by atoms with Crippen LogP contribution in [-0.2, 0) is 11.3 Å². The molecule has 1 amide bonds. The van der Waals surface area contributed by atoms with E-state index in [9.17, 15) is 18.0 Å². The molecule has 8 nitrogen and oxygen atoms in total. The van der Waals surface area contributed by atoms with E-state index in [4.69, 9.17) is 5.73 Å². The van der Waals surface area contributed by atoms with Gasteiger partial charge in [0.2, 0.25) is 11.9 Å². The quantitative estimate of drug-likeness (QED) is 0.577. The van der Waals surface area contributed by atoms with Crippen LogP contribution in [0.15, 0.2) is 41.3 Å². The minimum absolute atomic E-state index is 0.0370. The van der Waals surface area contributed by atoms with Gasteiger partial charge in [0.05, 0.1) is 11.9 Å². The van der Waals surface area contributed by atoms with Crippen molar-refractivity contribution < 1.29 is 18.0 Å². The lowest BCUT2D eigenvalue weighted by atomic mass is 10.2. The molecule has 0 aliphatic heterocycles. The molecule has 2 aromatic rings. The summed E-state index contributed by atoms with van der Waals surface area (Å²) >= 11 is 0. The van der Waals surface area contributed by atoms with Crippen molar-refractivity contribution in [2.75, 3.05) is 31.3 Å². The highest BCUT2D eigenvalue weighted by Gasteiger charge is 2.12. The van der Waals surface area contributed by atoms with Crippen LogP contribution in [0.2, 0.25) is 0 Å². The molecule has 0 saturated carbocycles. The Kier molecular flexibility index (Phi) is 7.52. The first-order valence-electron chi connectivity index (χ1n) is 8.40. The van der Waals surface area contributed by atoms with E-state index >= 15 is 0 Å². The Morgan fingerprint density at radius 2 is 1.93 bits per heavy atom. The second-order valence-corrected chi connectivity index (χ2v) is 5.95. The van der Waals surface area contributed by atoms with E-state index in [2.05, 4.69) is 25.6 Å². The number of anilines is 2. The summed E-state index contributed by atoms with van der Waals surface area (Å²) in [7, 11) is 3.20. The van der Waals surface area contributed by atoms with E-state index in [-0.39, 0.29) is 42.0 Å². The van der Waals surface area contributed by atoms with Gasteiger partial charge >= 0.3 is 0 Å². The fraction of sp³-hybridized carbons (Fsp3) is 0.222. The first kappa shape index (κ1) is 21.7. The lowest BCUT2D eigenvalue weighted by Gasteiger charge is -2.11. The molecule has 0 aliphatic carbocycles. The first-order valence-corrected chi connectivity index (χ1v) is 8.40. The Bertz CT molecular complexity index is 911. The Labute approximate surface area is 165 Å². The third kappa shape index (κ3) is 6.19. The van der Waals surface area contributed by atoms with E-state index in [0.29, 0.717) is 0 Å². The lowest BCUT2D eigenvalue weighted by molar-refractivity contribution is -0.127. The molecule has 0 aliphatic rings. The van der Waals surface area contributed by atoms with Crippen LogP contribution in [0.3, 0.4) is 0 Å². The summed E-state index contributed by atoms with van der Waals surface area (Å²) in [5.41, 5.74) is 5.50. The number of carbonyl (C=O) groups is 1. The molecular weight excluding hydrogens is 387 g/mol.